The first kappa shape index (κ1) is 20.4. The highest BCUT2D eigenvalue weighted by Crippen LogP contribution is 2.43. The van der Waals surface area contributed by atoms with Crippen molar-refractivity contribution in [2.75, 3.05) is 20.8 Å². The monoisotopic (exact) mass is 428 g/mol. The number of sulfonamides is 1. The van der Waals surface area contributed by atoms with Crippen LogP contribution >= 0.6 is 0 Å². The van der Waals surface area contributed by atoms with E-state index in [4.69, 9.17) is 14.0 Å². The van der Waals surface area contributed by atoms with Gasteiger partial charge < -0.3 is 14.0 Å². The maximum Gasteiger partial charge on any atom is 0.249 e. The van der Waals surface area contributed by atoms with E-state index in [0.717, 1.165) is 16.7 Å². The van der Waals surface area contributed by atoms with E-state index in [1.54, 1.807) is 28.1 Å². The normalized spacial score (nSPS) is 16.9. The molecule has 2 heterocycles. The number of hydrogen-bond acceptors (Lipinski definition) is 6. The van der Waals surface area contributed by atoms with Crippen LogP contribution in [0.4, 0.5) is 0 Å². The van der Waals surface area contributed by atoms with Crippen molar-refractivity contribution in [3.63, 3.8) is 0 Å². The van der Waals surface area contributed by atoms with Gasteiger partial charge in [-0.3, -0.25) is 0 Å². The molecule has 30 heavy (non-hydrogen) atoms. The second kappa shape index (κ2) is 7.77. The van der Waals surface area contributed by atoms with Crippen molar-refractivity contribution in [2.45, 2.75) is 31.2 Å². The van der Waals surface area contributed by atoms with Crippen molar-refractivity contribution in [1.29, 1.82) is 0 Å². The van der Waals surface area contributed by atoms with E-state index in [1.165, 1.54) is 4.31 Å². The van der Waals surface area contributed by atoms with Gasteiger partial charge in [-0.15, -0.1) is 0 Å². The molecule has 1 aliphatic heterocycles. The second-order valence-electron chi connectivity index (χ2n) is 7.24. The molecule has 1 unspecified atom stereocenters. The lowest BCUT2D eigenvalue weighted by Crippen LogP contribution is -2.41. The fourth-order valence-corrected chi connectivity index (χ4v) is 6.01. The highest BCUT2D eigenvalue weighted by Gasteiger charge is 2.40. The maximum absolute atomic E-state index is 13.7. The third-order valence-electron chi connectivity index (χ3n) is 5.48. The third-order valence-corrected chi connectivity index (χ3v) is 7.59. The van der Waals surface area contributed by atoms with Crippen LogP contribution in [0, 0.1) is 13.8 Å². The van der Waals surface area contributed by atoms with E-state index in [0.29, 0.717) is 30.2 Å². The summed E-state index contributed by atoms with van der Waals surface area (Å²) in [5, 5.41) is 3.85. The number of rotatable bonds is 5. The van der Waals surface area contributed by atoms with Crippen molar-refractivity contribution in [3.05, 3.63) is 70.6 Å². The van der Waals surface area contributed by atoms with Crippen LogP contribution in [-0.4, -0.2) is 38.6 Å². The topological polar surface area (TPSA) is 81.9 Å². The van der Waals surface area contributed by atoms with Gasteiger partial charge in [-0.25, -0.2) is 8.42 Å². The highest BCUT2D eigenvalue weighted by atomic mass is 32.2. The molecule has 4 rings (SSSR count). The van der Waals surface area contributed by atoms with Gasteiger partial charge in [0.2, 0.25) is 10.0 Å². The first-order chi connectivity index (χ1) is 14.4. The van der Waals surface area contributed by atoms with Crippen molar-refractivity contribution < 1.29 is 22.4 Å². The van der Waals surface area contributed by atoms with Crippen LogP contribution in [0.15, 0.2) is 51.9 Å². The summed E-state index contributed by atoms with van der Waals surface area (Å²) in [6.45, 7) is 3.59. The van der Waals surface area contributed by atoms with Crippen LogP contribution in [0.3, 0.4) is 0 Å². The van der Waals surface area contributed by atoms with E-state index in [1.807, 2.05) is 42.5 Å². The van der Waals surface area contributed by atoms with Crippen molar-refractivity contribution in [1.82, 2.24) is 9.46 Å². The molecule has 0 saturated carbocycles. The molecule has 1 aromatic heterocycles. The van der Waals surface area contributed by atoms with E-state index in [9.17, 15) is 8.42 Å². The molecule has 0 radical (unpaired) electrons. The van der Waals surface area contributed by atoms with Crippen LogP contribution in [0.5, 0.6) is 11.5 Å². The SMILES string of the molecule is COc1cc2c(cc1OC)C(c1ccccc1)N(S(=O)(=O)c1c(C)noc1C)CC2. The number of aromatic nitrogens is 1. The molecule has 8 heteroatoms. The predicted octanol–water partition coefficient (Wildman–Crippen LogP) is 3.65. The molecule has 0 bridgehead atoms. The van der Waals surface area contributed by atoms with Crippen molar-refractivity contribution in [3.8, 4) is 11.5 Å². The zero-order valence-electron chi connectivity index (χ0n) is 17.4. The van der Waals surface area contributed by atoms with Gasteiger partial charge in [-0.2, -0.15) is 4.31 Å². The second-order valence-corrected chi connectivity index (χ2v) is 9.07. The highest BCUT2D eigenvalue weighted by molar-refractivity contribution is 7.89. The Morgan fingerprint density at radius 2 is 1.73 bits per heavy atom. The molecule has 0 saturated heterocycles. The largest absolute Gasteiger partial charge is 0.493 e. The van der Waals surface area contributed by atoms with E-state index in [2.05, 4.69) is 5.16 Å². The molecule has 158 valence electrons. The van der Waals surface area contributed by atoms with Gasteiger partial charge in [0.05, 0.1) is 20.3 Å². The first-order valence-electron chi connectivity index (χ1n) is 9.63. The fourth-order valence-electron chi connectivity index (χ4n) is 4.12. The number of hydrogen-bond donors (Lipinski definition) is 0. The van der Waals surface area contributed by atoms with Gasteiger partial charge in [0, 0.05) is 6.54 Å². The molecule has 0 fully saturated rings. The number of ether oxygens (including phenoxy) is 2. The average molecular weight is 429 g/mol. The molecule has 1 atom stereocenters. The molecular weight excluding hydrogens is 404 g/mol. The van der Waals surface area contributed by atoms with Crippen LogP contribution in [-0.2, 0) is 16.4 Å². The standard InChI is InChI=1S/C22H24N2O5S/c1-14-22(15(2)29-23-14)30(25,26)24-11-10-17-12-19(27-3)20(28-4)13-18(17)21(24)16-8-6-5-7-9-16/h5-9,12-13,21H,10-11H2,1-4H3. The van der Waals surface area contributed by atoms with Crippen LogP contribution < -0.4 is 9.47 Å². The fraction of sp³-hybridized carbons (Fsp3) is 0.318. The predicted molar refractivity (Wildman–Crippen MR) is 111 cm³/mol. The molecule has 0 amide bonds. The van der Waals surface area contributed by atoms with Crippen LogP contribution in [0.25, 0.3) is 0 Å². The maximum atomic E-state index is 13.7. The number of nitrogens with zero attached hydrogens (tertiary/aromatic N) is 2. The minimum absolute atomic E-state index is 0.132. The summed E-state index contributed by atoms with van der Waals surface area (Å²) in [5.41, 5.74) is 3.14. The molecule has 2 aromatic carbocycles. The summed E-state index contributed by atoms with van der Waals surface area (Å²) < 4.78 is 45.1. The van der Waals surface area contributed by atoms with E-state index >= 15 is 0 Å². The molecule has 0 N–H and O–H groups in total. The minimum Gasteiger partial charge on any atom is -0.493 e. The smallest absolute Gasteiger partial charge is 0.249 e. The Labute approximate surface area is 176 Å². The summed E-state index contributed by atoms with van der Waals surface area (Å²) in [5.74, 6) is 1.48. The van der Waals surface area contributed by atoms with Gasteiger partial charge in [0.15, 0.2) is 17.3 Å². The quantitative estimate of drug-likeness (QED) is 0.617. The minimum atomic E-state index is -3.85. The summed E-state index contributed by atoms with van der Waals surface area (Å²) in [6.07, 6.45) is 0.557. The lowest BCUT2D eigenvalue weighted by Gasteiger charge is -2.37. The summed E-state index contributed by atoms with van der Waals surface area (Å²) in [6, 6.07) is 12.9. The molecular formula is C22H24N2O5S. The molecule has 7 nitrogen and oxygen atoms in total. The average Bonchev–Trinajstić information content (AvgIpc) is 3.11. The zero-order chi connectivity index (χ0) is 21.5. The third kappa shape index (κ3) is 3.26. The van der Waals surface area contributed by atoms with E-state index < -0.39 is 16.1 Å². The Bertz CT molecular complexity index is 1150. The lowest BCUT2D eigenvalue weighted by atomic mass is 9.89. The van der Waals surface area contributed by atoms with Crippen molar-refractivity contribution in [2.24, 2.45) is 0 Å². The number of methoxy groups -OCH3 is 2. The Morgan fingerprint density at radius 1 is 1.07 bits per heavy atom. The van der Waals surface area contributed by atoms with Gasteiger partial charge in [-0.05, 0) is 49.1 Å². The van der Waals surface area contributed by atoms with Gasteiger partial charge in [0.1, 0.15) is 10.6 Å². The number of fused-ring (bicyclic) bond motifs is 1. The molecule has 0 spiro atoms. The lowest BCUT2D eigenvalue weighted by molar-refractivity contribution is 0.331. The van der Waals surface area contributed by atoms with Gasteiger partial charge >= 0.3 is 0 Å². The number of benzene rings is 2. The first-order valence-corrected chi connectivity index (χ1v) is 11.1. The summed E-state index contributed by atoms with van der Waals surface area (Å²) in [4.78, 5) is 0.132. The molecule has 1 aliphatic rings. The van der Waals surface area contributed by atoms with Gasteiger partial charge in [-0.1, -0.05) is 35.5 Å². The Morgan fingerprint density at radius 3 is 2.33 bits per heavy atom. The summed E-state index contributed by atoms with van der Waals surface area (Å²) >= 11 is 0. The Balaban J connectivity index is 1.93. The number of aryl methyl sites for hydroxylation is 2. The van der Waals surface area contributed by atoms with Crippen molar-refractivity contribution >= 4 is 10.0 Å². The van der Waals surface area contributed by atoms with Crippen LogP contribution in [0.1, 0.15) is 34.2 Å². The Kier molecular flexibility index (Phi) is 5.29. The van der Waals surface area contributed by atoms with E-state index in [-0.39, 0.29) is 10.7 Å². The summed E-state index contributed by atoms with van der Waals surface area (Å²) in [7, 11) is -0.685. The Hall–Kier alpha value is -2.84. The zero-order valence-corrected chi connectivity index (χ0v) is 18.2. The van der Waals surface area contributed by atoms with Crippen LogP contribution in [0.2, 0.25) is 0 Å². The van der Waals surface area contributed by atoms with Gasteiger partial charge in [0.25, 0.3) is 0 Å². The molecule has 3 aromatic rings. The molecule has 0 aliphatic carbocycles.